The van der Waals surface area contributed by atoms with Gasteiger partial charge in [0.05, 0.1) is 20.8 Å². The van der Waals surface area contributed by atoms with Crippen LogP contribution < -0.4 is 19.5 Å². The van der Waals surface area contributed by atoms with Crippen LogP contribution in [0.2, 0.25) is 0 Å². The van der Waals surface area contributed by atoms with Gasteiger partial charge in [0.15, 0.2) is 11.5 Å². The summed E-state index contributed by atoms with van der Waals surface area (Å²) in [7, 11) is 3.16. The van der Waals surface area contributed by atoms with E-state index in [1.165, 1.54) is 6.08 Å². The van der Waals surface area contributed by atoms with Crippen LogP contribution >= 0.6 is 0 Å². The zero-order valence-corrected chi connectivity index (χ0v) is 14.7. The molecule has 0 aliphatic rings. The molecule has 0 unspecified atom stereocenters. The van der Waals surface area contributed by atoms with Crippen LogP contribution in [0, 0.1) is 0 Å². The number of benzene rings is 2. The summed E-state index contributed by atoms with van der Waals surface area (Å²) in [4.78, 5) is 12.0. The fraction of sp³-hybridized carbons (Fsp3) is 0.250. The van der Waals surface area contributed by atoms with E-state index in [9.17, 15) is 4.79 Å². The van der Waals surface area contributed by atoms with Crippen LogP contribution in [0.1, 0.15) is 18.1 Å². The molecule has 5 heteroatoms. The minimum absolute atomic E-state index is 0.163. The van der Waals surface area contributed by atoms with Crippen molar-refractivity contribution >= 4 is 12.0 Å². The topological polar surface area (TPSA) is 56.8 Å². The molecule has 0 fully saturated rings. The van der Waals surface area contributed by atoms with Crippen molar-refractivity contribution in [2.75, 3.05) is 20.8 Å². The maximum absolute atomic E-state index is 12.0. The van der Waals surface area contributed by atoms with Crippen LogP contribution in [0.4, 0.5) is 0 Å². The number of nitrogens with one attached hydrogen (secondary N) is 1. The molecule has 132 valence electrons. The summed E-state index contributed by atoms with van der Waals surface area (Å²) >= 11 is 0. The van der Waals surface area contributed by atoms with Gasteiger partial charge in [0.2, 0.25) is 5.91 Å². The summed E-state index contributed by atoms with van der Waals surface area (Å²) in [6, 6.07) is 13.1. The van der Waals surface area contributed by atoms with E-state index in [0.717, 1.165) is 16.9 Å². The molecule has 0 heterocycles. The first kappa shape index (κ1) is 18.4. The molecule has 0 bridgehead atoms. The second-order valence-electron chi connectivity index (χ2n) is 5.24. The summed E-state index contributed by atoms with van der Waals surface area (Å²) in [6.45, 7) is 3.04. The molecule has 0 saturated carbocycles. The number of hydrogen-bond donors (Lipinski definition) is 1. The second kappa shape index (κ2) is 9.37. The van der Waals surface area contributed by atoms with E-state index in [1.54, 1.807) is 26.4 Å². The lowest BCUT2D eigenvalue weighted by atomic mass is 10.2. The van der Waals surface area contributed by atoms with E-state index in [4.69, 9.17) is 14.2 Å². The standard InChI is InChI=1S/C20H23NO4/c1-4-25-17-9-5-16(6-10-17)14-21-20(22)12-8-15-7-11-18(23-2)19(13-15)24-3/h5-13H,4,14H2,1-3H3,(H,21,22)/b12-8+. The highest BCUT2D eigenvalue weighted by Crippen LogP contribution is 2.27. The molecule has 0 aromatic heterocycles. The van der Waals surface area contributed by atoms with Gasteiger partial charge in [0.1, 0.15) is 5.75 Å². The van der Waals surface area contributed by atoms with Crippen molar-refractivity contribution in [3.8, 4) is 17.2 Å². The van der Waals surface area contributed by atoms with Gasteiger partial charge >= 0.3 is 0 Å². The Balaban J connectivity index is 1.90. The lowest BCUT2D eigenvalue weighted by molar-refractivity contribution is -0.116. The van der Waals surface area contributed by atoms with Gasteiger partial charge in [-0.25, -0.2) is 0 Å². The van der Waals surface area contributed by atoms with Gasteiger partial charge in [-0.2, -0.15) is 0 Å². The fourth-order valence-electron chi connectivity index (χ4n) is 2.25. The molecule has 1 amide bonds. The molecule has 0 aliphatic carbocycles. The highest BCUT2D eigenvalue weighted by atomic mass is 16.5. The summed E-state index contributed by atoms with van der Waals surface area (Å²) in [5.74, 6) is 1.94. The average molecular weight is 341 g/mol. The number of carbonyl (C=O) groups is 1. The monoisotopic (exact) mass is 341 g/mol. The van der Waals surface area contributed by atoms with E-state index in [0.29, 0.717) is 24.7 Å². The third-order valence-electron chi connectivity index (χ3n) is 3.54. The molecular formula is C20H23NO4. The minimum atomic E-state index is -0.163. The first-order valence-corrected chi connectivity index (χ1v) is 8.06. The van der Waals surface area contributed by atoms with E-state index in [1.807, 2.05) is 43.3 Å². The predicted molar refractivity (Wildman–Crippen MR) is 98.0 cm³/mol. The number of carbonyl (C=O) groups excluding carboxylic acids is 1. The van der Waals surface area contributed by atoms with Crippen LogP contribution in [0.3, 0.4) is 0 Å². The highest BCUT2D eigenvalue weighted by Gasteiger charge is 2.03. The molecule has 25 heavy (non-hydrogen) atoms. The van der Waals surface area contributed by atoms with Gasteiger partial charge in [-0.15, -0.1) is 0 Å². The van der Waals surface area contributed by atoms with E-state index in [2.05, 4.69) is 5.32 Å². The Morgan fingerprint density at radius 1 is 1.04 bits per heavy atom. The van der Waals surface area contributed by atoms with Gasteiger partial charge in [-0.1, -0.05) is 18.2 Å². The first-order chi connectivity index (χ1) is 12.2. The summed E-state index contributed by atoms with van der Waals surface area (Å²) < 4.78 is 15.8. The Morgan fingerprint density at radius 2 is 1.76 bits per heavy atom. The van der Waals surface area contributed by atoms with Crippen LogP contribution in [0.15, 0.2) is 48.5 Å². The predicted octanol–water partition coefficient (Wildman–Crippen LogP) is 3.43. The summed E-state index contributed by atoms with van der Waals surface area (Å²) in [5.41, 5.74) is 1.87. The molecule has 2 aromatic carbocycles. The third kappa shape index (κ3) is 5.57. The lowest BCUT2D eigenvalue weighted by Gasteiger charge is -2.07. The van der Waals surface area contributed by atoms with Gasteiger partial charge in [0.25, 0.3) is 0 Å². The molecule has 0 aliphatic heterocycles. The number of amides is 1. The minimum Gasteiger partial charge on any atom is -0.494 e. The number of ether oxygens (including phenoxy) is 3. The van der Waals surface area contributed by atoms with E-state index >= 15 is 0 Å². The van der Waals surface area contributed by atoms with Crippen molar-refractivity contribution in [1.29, 1.82) is 0 Å². The molecule has 1 N–H and O–H groups in total. The normalized spacial score (nSPS) is 10.5. The Labute approximate surface area is 148 Å². The Bertz CT molecular complexity index is 723. The van der Waals surface area contributed by atoms with Crippen molar-refractivity contribution in [3.05, 3.63) is 59.7 Å². The Hall–Kier alpha value is -2.95. The van der Waals surface area contributed by atoms with Crippen LogP contribution in [-0.4, -0.2) is 26.7 Å². The van der Waals surface area contributed by atoms with Gasteiger partial charge < -0.3 is 19.5 Å². The van der Waals surface area contributed by atoms with Crippen LogP contribution in [-0.2, 0) is 11.3 Å². The zero-order valence-electron chi connectivity index (χ0n) is 14.7. The molecule has 2 aromatic rings. The zero-order chi connectivity index (χ0) is 18.1. The molecule has 0 saturated heterocycles. The van der Waals surface area contributed by atoms with Crippen molar-refractivity contribution in [2.24, 2.45) is 0 Å². The lowest BCUT2D eigenvalue weighted by Crippen LogP contribution is -2.20. The van der Waals surface area contributed by atoms with Crippen LogP contribution in [0.5, 0.6) is 17.2 Å². The average Bonchev–Trinajstić information content (AvgIpc) is 2.65. The summed E-state index contributed by atoms with van der Waals surface area (Å²) in [6.07, 6.45) is 3.23. The van der Waals surface area contributed by atoms with Crippen molar-refractivity contribution in [1.82, 2.24) is 5.32 Å². The van der Waals surface area contributed by atoms with Gasteiger partial charge in [-0.05, 0) is 48.4 Å². The molecular weight excluding hydrogens is 318 g/mol. The number of hydrogen-bond acceptors (Lipinski definition) is 4. The number of methoxy groups -OCH3 is 2. The highest BCUT2D eigenvalue weighted by molar-refractivity contribution is 5.91. The molecule has 0 spiro atoms. The molecule has 5 nitrogen and oxygen atoms in total. The quantitative estimate of drug-likeness (QED) is 0.748. The van der Waals surface area contributed by atoms with Crippen molar-refractivity contribution < 1.29 is 19.0 Å². The largest absolute Gasteiger partial charge is 0.494 e. The smallest absolute Gasteiger partial charge is 0.244 e. The first-order valence-electron chi connectivity index (χ1n) is 8.06. The maximum atomic E-state index is 12.0. The molecule has 0 radical (unpaired) electrons. The third-order valence-corrected chi connectivity index (χ3v) is 3.54. The van der Waals surface area contributed by atoms with Crippen molar-refractivity contribution in [3.63, 3.8) is 0 Å². The second-order valence-corrected chi connectivity index (χ2v) is 5.24. The summed E-state index contributed by atoms with van der Waals surface area (Å²) in [5, 5.41) is 2.85. The van der Waals surface area contributed by atoms with Gasteiger partial charge in [0, 0.05) is 12.6 Å². The molecule has 0 atom stereocenters. The maximum Gasteiger partial charge on any atom is 0.244 e. The van der Waals surface area contributed by atoms with E-state index in [-0.39, 0.29) is 5.91 Å². The Kier molecular flexibility index (Phi) is 6.89. The van der Waals surface area contributed by atoms with E-state index < -0.39 is 0 Å². The fourth-order valence-corrected chi connectivity index (χ4v) is 2.25. The van der Waals surface area contributed by atoms with Gasteiger partial charge in [-0.3, -0.25) is 4.79 Å². The Morgan fingerprint density at radius 3 is 2.40 bits per heavy atom. The van der Waals surface area contributed by atoms with Crippen LogP contribution in [0.25, 0.3) is 6.08 Å². The van der Waals surface area contributed by atoms with Crippen molar-refractivity contribution in [2.45, 2.75) is 13.5 Å². The molecule has 2 rings (SSSR count). The SMILES string of the molecule is CCOc1ccc(CNC(=O)/C=C/c2ccc(OC)c(OC)c2)cc1. The number of rotatable bonds is 8.